The Morgan fingerprint density at radius 2 is 2.00 bits per heavy atom. The number of carbonyl (C=O) groups is 2. The van der Waals surface area contributed by atoms with Crippen molar-refractivity contribution in [3.63, 3.8) is 0 Å². The predicted octanol–water partition coefficient (Wildman–Crippen LogP) is 3.22. The Kier molecular flexibility index (Phi) is 9.18. The number of carbonyl (C=O) groups excluding carboxylic acids is 1. The van der Waals surface area contributed by atoms with Crippen molar-refractivity contribution in [1.82, 2.24) is 25.2 Å². The fraction of sp³-hybridized carbons (Fsp3) is 0.433. The van der Waals surface area contributed by atoms with Gasteiger partial charge in [-0.25, -0.2) is 19.7 Å². The number of amides is 1. The van der Waals surface area contributed by atoms with Gasteiger partial charge in [0.15, 0.2) is 0 Å². The molecule has 0 saturated carbocycles. The number of piperidine rings is 1. The van der Waals surface area contributed by atoms with E-state index in [-0.39, 0.29) is 18.4 Å². The zero-order valence-electron chi connectivity index (χ0n) is 22.7. The number of hydrogen-bond donors (Lipinski definition) is 4. The second-order valence-corrected chi connectivity index (χ2v) is 10.5. The molecular weight excluding hydrogens is 506 g/mol. The van der Waals surface area contributed by atoms with Crippen molar-refractivity contribution in [3.05, 3.63) is 66.1 Å². The summed E-state index contributed by atoms with van der Waals surface area (Å²) >= 11 is 0. The molecular formula is C30H37N7O3. The summed E-state index contributed by atoms with van der Waals surface area (Å²) in [5.41, 5.74) is 4.00. The molecule has 2 atom stereocenters. The third kappa shape index (κ3) is 7.32. The van der Waals surface area contributed by atoms with Gasteiger partial charge in [-0.15, -0.1) is 0 Å². The van der Waals surface area contributed by atoms with Gasteiger partial charge in [-0.2, -0.15) is 0 Å². The van der Waals surface area contributed by atoms with Crippen LogP contribution in [0, 0.1) is 5.92 Å². The molecule has 0 radical (unpaired) electrons. The summed E-state index contributed by atoms with van der Waals surface area (Å²) in [6.07, 6.45) is 7.28. The van der Waals surface area contributed by atoms with E-state index in [1.54, 1.807) is 6.07 Å². The number of nitrogens with zero attached hydrogens (tertiary/aromatic N) is 4. The van der Waals surface area contributed by atoms with Crippen LogP contribution in [-0.2, 0) is 22.4 Å². The first-order valence-corrected chi connectivity index (χ1v) is 14.1. The van der Waals surface area contributed by atoms with Crippen molar-refractivity contribution in [2.45, 2.75) is 44.6 Å². The van der Waals surface area contributed by atoms with E-state index in [1.807, 2.05) is 30.3 Å². The monoisotopic (exact) mass is 543 g/mol. The number of carboxylic acids is 1. The number of nitrogens with one attached hydrogen (secondary N) is 3. The minimum absolute atomic E-state index is 0.0344. The Morgan fingerprint density at radius 3 is 2.85 bits per heavy atom. The number of aromatic nitrogens is 3. The second kappa shape index (κ2) is 13.3. The highest BCUT2D eigenvalue weighted by Crippen LogP contribution is 2.22. The maximum Gasteiger partial charge on any atom is 0.328 e. The van der Waals surface area contributed by atoms with E-state index in [2.05, 4.69) is 43.0 Å². The first kappa shape index (κ1) is 27.5. The molecule has 0 spiro atoms. The van der Waals surface area contributed by atoms with Gasteiger partial charge in [0.2, 0.25) is 5.91 Å². The third-order valence-electron chi connectivity index (χ3n) is 7.57. The number of anilines is 2. The quantitative estimate of drug-likeness (QED) is 0.288. The molecule has 5 rings (SSSR count). The molecule has 1 fully saturated rings. The summed E-state index contributed by atoms with van der Waals surface area (Å²) < 4.78 is 0. The van der Waals surface area contributed by atoms with E-state index in [9.17, 15) is 14.7 Å². The highest BCUT2D eigenvalue weighted by molar-refractivity contribution is 5.82. The molecule has 210 valence electrons. The Morgan fingerprint density at radius 1 is 1.12 bits per heavy atom. The molecule has 1 amide bonds. The van der Waals surface area contributed by atoms with Crippen molar-refractivity contribution in [3.8, 4) is 11.3 Å². The Hall–Kier alpha value is -4.05. The summed E-state index contributed by atoms with van der Waals surface area (Å²) in [6, 6.07) is 14.6. The third-order valence-corrected chi connectivity index (χ3v) is 7.57. The molecule has 40 heavy (non-hydrogen) atoms. The molecule has 1 aromatic carbocycles. The number of aryl methyl sites for hydroxylation is 2. The fourth-order valence-electron chi connectivity index (χ4n) is 5.39. The molecule has 3 aromatic rings. The van der Waals surface area contributed by atoms with Gasteiger partial charge in [0.25, 0.3) is 0 Å². The lowest BCUT2D eigenvalue weighted by atomic mass is 9.96. The van der Waals surface area contributed by atoms with Gasteiger partial charge in [0.1, 0.15) is 24.0 Å². The van der Waals surface area contributed by atoms with Crippen LogP contribution in [0.2, 0.25) is 0 Å². The zero-order chi connectivity index (χ0) is 27.7. The number of aliphatic carboxylic acids is 1. The second-order valence-electron chi connectivity index (χ2n) is 10.5. The molecule has 2 aliphatic heterocycles. The van der Waals surface area contributed by atoms with Gasteiger partial charge < -0.3 is 26.0 Å². The van der Waals surface area contributed by atoms with Crippen molar-refractivity contribution in [2.75, 3.05) is 43.4 Å². The Balaban J connectivity index is 1.09. The van der Waals surface area contributed by atoms with Crippen molar-refractivity contribution in [1.29, 1.82) is 0 Å². The molecule has 2 aromatic heterocycles. The molecule has 1 saturated heterocycles. The number of rotatable bonds is 11. The van der Waals surface area contributed by atoms with Crippen molar-refractivity contribution >= 4 is 23.5 Å². The van der Waals surface area contributed by atoms with E-state index >= 15 is 0 Å². The molecule has 4 N–H and O–H groups in total. The van der Waals surface area contributed by atoms with Gasteiger partial charge in [-0.1, -0.05) is 36.4 Å². The average Bonchev–Trinajstić information content (AvgIpc) is 2.99. The number of benzene rings is 1. The highest BCUT2D eigenvalue weighted by Gasteiger charge is 2.27. The molecule has 2 aliphatic rings. The number of pyridine rings is 1. The van der Waals surface area contributed by atoms with Gasteiger partial charge >= 0.3 is 5.97 Å². The van der Waals surface area contributed by atoms with Crippen LogP contribution in [0.25, 0.3) is 11.3 Å². The smallest absolute Gasteiger partial charge is 0.328 e. The maximum atomic E-state index is 13.0. The summed E-state index contributed by atoms with van der Waals surface area (Å²) in [5, 5.41) is 19.0. The van der Waals surface area contributed by atoms with Gasteiger partial charge in [0.05, 0.1) is 11.6 Å². The Bertz CT molecular complexity index is 1300. The van der Waals surface area contributed by atoms with E-state index in [4.69, 9.17) is 4.98 Å². The lowest BCUT2D eigenvalue weighted by Gasteiger charge is -2.32. The molecule has 0 aliphatic carbocycles. The van der Waals surface area contributed by atoms with Gasteiger partial charge in [-0.05, 0) is 63.2 Å². The highest BCUT2D eigenvalue weighted by atomic mass is 16.4. The molecule has 4 heterocycles. The van der Waals surface area contributed by atoms with Crippen LogP contribution in [0.5, 0.6) is 0 Å². The fourth-order valence-corrected chi connectivity index (χ4v) is 5.39. The van der Waals surface area contributed by atoms with Crippen LogP contribution in [0.3, 0.4) is 0 Å². The predicted molar refractivity (Wildman–Crippen MR) is 154 cm³/mol. The standard InChI is InChI=1S/C30H37N7O3/c38-29(32-18-26(30(39)40)36-27-17-25(33-20-34-27)21-7-2-1-3-8-21)23-10-5-15-37(19-23)16-6-11-24-13-12-22-9-4-14-31-28(22)35-24/h1-3,7-8,12-13,17,20,23,26H,4-6,9-11,14-16,18-19H2,(H,31,35)(H,32,38)(H,39,40)(H,33,34,36)/t23-,26-/m1/s1. The molecule has 0 bridgehead atoms. The molecule has 10 nitrogen and oxygen atoms in total. The largest absolute Gasteiger partial charge is 0.480 e. The Labute approximate surface area is 234 Å². The first-order chi connectivity index (χ1) is 19.5. The van der Waals surface area contributed by atoms with Crippen LogP contribution in [0.15, 0.2) is 54.9 Å². The minimum atomic E-state index is -1.06. The van der Waals surface area contributed by atoms with E-state index in [0.717, 1.165) is 75.2 Å². The normalized spacial score (nSPS) is 17.8. The van der Waals surface area contributed by atoms with Crippen LogP contribution < -0.4 is 16.0 Å². The topological polar surface area (TPSA) is 132 Å². The van der Waals surface area contributed by atoms with Crippen LogP contribution >= 0.6 is 0 Å². The van der Waals surface area contributed by atoms with Gasteiger partial charge in [-0.3, -0.25) is 4.79 Å². The van der Waals surface area contributed by atoms with Crippen LogP contribution in [0.1, 0.15) is 36.9 Å². The van der Waals surface area contributed by atoms with E-state index < -0.39 is 12.0 Å². The van der Waals surface area contributed by atoms with Crippen LogP contribution in [0.4, 0.5) is 11.6 Å². The zero-order valence-corrected chi connectivity index (χ0v) is 22.7. The SMILES string of the molecule is O=C(NC[C@@H](Nc1cc(-c2ccccc2)ncn1)C(=O)O)[C@@H]1CCCN(CCCc2ccc3c(n2)NCCC3)C1. The molecule has 0 unspecified atom stereocenters. The summed E-state index contributed by atoms with van der Waals surface area (Å²) in [6.45, 7) is 3.52. The molecule has 10 heteroatoms. The lowest BCUT2D eigenvalue weighted by Crippen LogP contribution is -2.47. The summed E-state index contributed by atoms with van der Waals surface area (Å²) in [5.74, 6) is 0.106. The number of hydrogen-bond acceptors (Lipinski definition) is 8. The number of likely N-dealkylation sites (tertiary alicyclic amines) is 1. The minimum Gasteiger partial charge on any atom is -0.480 e. The van der Waals surface area contributed by atoms with Crippen LogP contribution in [-0.4, -0.2) is 75.6 Å². The van der Waals surface area contributed by atoms with Crippen molar-refractivity contribution in [2.24, 2.45) is 5.92 Å². The van der Waals surface area contributed by atoms with Gasteiger partial charge in [0, 0.05) is 37.0 Å². The van der Waals surface area contributed by atoms with Crippen molar-refractivity contribution < 1.29 is 14.7 Å². The van der Waals surface area contributed by atoms with E-state index in [0.29, 0.717) is 18.1 Å². The maximum absolute atomic E-state index is 13.0. The first-order valence-electron chi connectivity index (χ1n) is 14.1. The lowest BCUT2D eigenvalue weighted by molar-refractivity contribution is -0.138. The number of carboxylic acid groups (broad SMARTS) is 1. The summed E-state index contributed by atoms with van der Waals surface area (Å²) in [7, 11) is 0. The summed E-state index contributed by atoms with van der Waals surface area (Å²) in [4.78, 5) is 40.5. The average molecular weight is 544 g/mol. The van der Waals surface area contributed by atoms with E-state index in [1.165, 1.54) is 11.9 Å². The number of fused-ring (bicyclic) bond motifs is 1.